The van der Waals surface area contributed by atoms with Crippen molar-refractivity contribution in [3.63, 3.8) is 0 Å². The second-order valence-corrected chi connectivity index (χ2v) is 9.33. The van der Waals surface area contributed by atoms with E-state index in [0.29, 0.717) is 0 Å². The smallest absolute Gasteiger partial charge is 0.129 e. The highest BCUT2D eigenvalue weighted by molar-refractivity contribution is 7.13. The number of rotatable bonds is 5. The maximum absolute atomic E-state index is 5.08. The largest absolute Gasteiger partial charge is 0.354 e. The third-order valence-corrected chi connectivity index (χ3v) is 7.13. The Labute approximate surface area is 182 Å². The minimum Gasteiger partial charge on any atom is -0.354 e. The SMILES string of the molecule is c1cc(-c2cc(-c3cncs3)cc(N3CCNCC3)n2)cc(CC2CCCCC2)n1. The van der Waals surface area contributed by atoms with Crippen LogP contribution in [0.2, 0.25) is 0 Å². The molecule has 1 saturated heterocycles. The highest BCUT2D eigenvalue weighted by Crippen LogP contribution is 2.32. The van der Waals surface area contributed by atoms with Crippen molar-refractivity contribution in [1.82, 2.24) is 20.3 Å². The van der Waals surface area contributed by atoms with Crippen LogP contribution >= 0.6 is 11.3 Å². The molecule has 1 saturated carbocycles. The summed E-state index contributed by atoms with van der Waals surface area (Å²) in [4.78, 5) is 17.6. The van der Waals surface area contributed by atoms with E-state index in [9.17, 15) is 0 Å². The van der Waals surface area contributed by atoms with Gasteiger partial charge in [0.05, 0.1) is 16.1 Å². The summed E-state index contributed by atoms with van der Waals surface area (Å²) in [6.45, 7) is 3.98. The maximum Gasteiger partial charge on any atom is 0.129 e. The van der Waals surface area contributed by atoms with Gasteiger partial charge in [-0.15, -0.1) is 11.3 Å². The molecule has 1 N–H and O–H groups in total. The first kappa shape index (κ1) is 19.6. The van der Waals surface area contributed by atoms with Crippen LogP contribution in [0.25, 0.3) is 21.7 Å². The van der Waals surface area contributed by atoms with Crippen LogP contribution in [0.5, 0.6) is 0 Å². The first-order chi connectivity index (χ1) is 14.8. The van der Waals surface area contributed by atoms with Crippen LogP contribution in [-0.4, -0.2) is 41.1 Å². The fourth-order valence-electron chi connectivity index (χ4n) is 4.66. The Morgan fingerprint density at radius 1 is 1.03 bits per heavy atom. The summed E-state index contributed by atoms with van der Waals surface area (Å²) < 4.78 is 0. The standard InChI is InChI=1S/C24H29N5S/c1-2-4-18(5-3-1)12-21-13-19(6-7-27-21)22-14-20(23-16-26-17-30-23)15-24(28-22)29-10-8-25-9-11-29/h6-7,13-18,25H,1-5,8-12H2. The summed E-state index contributed by atoms with van der Waals surface area (Å²) in [5.74, 6) is 1.84. The van der Waals surface area contributed by atoms with Crippen LogP contribution in [0.4, 0.5) is 5.82 Å². The van der Waals surface area contributed by atoms with E-state index >= 15 is 0 Å². The molecule has 6 heteroatoms. The predicted octanol–water partition coefficient (Wildman–Crippen LogP) is 4.80. The predicted molar refractivity (Wildman–Crippen MR) is 124 cm³/mol. The van der Waals surface area contributed by atoms with Crippen molar-refractivity contribution >= 4 is 17.2 Å². The lowest BCUT2D eigenvalue weighted by atomic mass is 9.86. The summed E-state index contributed by atoms with van der Waals surface area (Å²) in [6.07, 6.45) is 11.8. The number of hydrogen-bond donors (Lipinski definition) is 1. The fraction of sp³-hybridized carbons (Fsp3) is 0.458. The molecule has 3 aromatic rings. The maximum atomic E-state index is 5.08. The Balaban J connectivity index is 1.48. The van der Waals surface area contributed by atoms with Gasteiger partial charge in [0.1, 0.15) is 5.82 Å². The van der Waals surface area contributed by atoms with Crippen molar-refractivity contribution in [2.75, 3.05) is 31.1 Å². The number of piperazine rings is 1. The van der Waals surface area contributed by atoms with Crippen molar-refractivity contribution in [3.05, 3.63) is 47.9 Å². The highest BCUT2D eigenvalue weighted by Gasteiger charge is 2.17. The van der Waals surface area contributed by atoms with Gasteiger partial charge in [-0.1, -0.05) is 32.1 Å². The van der Waals surface area contributed by atoms with Crippen molar-refractivity contribution in [2.45, 2.75) is 38.5 Å². The molecule has 3 aromatic heterocycles. The normalized spacial score (nSPS) is 17.9. The fourth-order valence-corrected chi connectivity index (χ4v) is 5.27. The molecule has 1 aliphatic carbocycles. The summed E-state index contributed by atoms with van der Waals surface area (Å²) in [5.41, 5.74) is 6.49. The molecule has 0 spiro atoms. The average molecular weight is 420 g/mol. The van der Waals surface area contributed by atoms with Crippen molar-refractivity contribution in [3.8, 4) is 21.7 Å². The molecule has 0 unspecified atom stereocenters. The summed E-state index contributed by atoms with van der Waals surface area (Å²) in [6, 6.07) is 8.78. The van der Waals surface area contributed by atoms with E-state index in [0.717, 1.165) is 50.0 Å². The third-order valence-electron chi connectivity index (χ3n) is 6.30. The number of anilines is 1. The van der Waals surface area contributed by atoms with Gasteiger partial charge in [0.25, 0.3) is 0 Å². The molecule has 30 heavy (non-hydrogen) atoms. The zero-order chi connectivity index (χ0) is 20.2. The molecular formula is C24H29N5S. The number of hydrogen-bond acceptors (Lipinski definition) is 6. The zero-order valence-corrected chi connectivity index (χ0v) is 18.2. The molecule has 0 bridgehead atoms. The van der Waals surface area contributed by atoms with E-state index in [1.54, 1.807) is 11.3 Å². The molecule has 5 nitrogen and oxygen atoms in total. The van der Waals surface area contributed by atoms with E-state index in [1.165, 1.54) is 53.8 Å². The monoisotopic (exact) mass is 419 g/mol. The van der Waals surface area contributed by atoms with E-state index in [1.807, 2.05) is 17.9 Å². The molecule has 0 atom stereocenters. The second-order valence-electron chi connectivity index (χ2n) is 8.45. The summed E-state index contributed by atoms with van der Waals surface area (Å²) >= 11 is 1.68. The Morgan fingerprint density at radius 2 is 1.90 bits per heavy atom. The Kier molecular flexibility index (Phi) is 6.04. The molecular weight excluding hydrogens is 390 g/mol. The summed E-state index contributed by atoms with van der Waals surface area (Å²) in [7, 11) is 0. The molecule has 1 aliphatic heterocycles. The van der Waals surface area contributed by atoms with E-state index < -0.39 is 0 Å². The summed E-state index contributed by atoms with van der Waals surface area (Å²) in [5, 5.41) is 3.43. The zero-order valence-electron chi connectivity index (χ0n) is 17.4. The van der Waals surface area contributed by atoms with Crippen LogP contribution in [-0.2, 0) is 6.42 Å². The van der Waals surface area contributed by atoms with Crippen LogP contribution in [0, 0.1) is 5.92 Å². The molecule has 4 heterocycles. The Bertz CT molecular complexity index is 959. The highest BCUT2D eigenvalue weighted by atomic mass is 32.1. The quantitative estimate of drug-likeness (QED) is 0.644. The number of nitrogens with one attached hydrogen (secondary N) is 1. The average Bonchev–Trinajstić information content (AvgIpc) is 3.35. The van der Waals surface area contributed by atoms with Crippen molar-refractivity contribution in [2.24, 2.45) is 5.92 Å². The number of thiazole rings is 1. The Morgan fingerprint density at radius 3 is 2.70 bits per heavy atom. The van der Waals surface area contributed by atoms with Crippen LogP contribution in [0.3, 0.4) is 0 Å². The third kappa shape index (κ3) is 4.55. The number of aromatic nitrogens is 3. The second kappa shape index (κ2) is 9.23. The lowest BCUT2D eigenvalue weighted by molar-refractivity contribution is 0.354. The Hall–Kier alpha value is -2.31. The van der Waals surface area contributed by atoms with Gasteiger partial charge in [0.2, 0.25) is 0 Å². The van der Waals surface area contributed by atoms with Crippen LogP contribution < -0.4 is 10.2 Å². The van der Waals surface area contributed by atoms with Gasteiger partial charge < -0.3 is 10.2 Å². The van der Waals surface area contributed by atoms with Crippen molar-refractivity contribution < 1.29 is 0 Å². The van der Waals surface area contributed by atoms with Gasteiger partial charge in [0.15, 0.2) is 0 Å². The van der Waals surface area contributed by atoms with Crippen LogP contribution in [0.1, 0.15) is 37.8 Å². The van der Waals surface area contributed by atoms with Crippen LogP contribution in [0.15, 0.2) is 42.2 Å². The van der Waals surface area contributed by atoms with Crippen molar-refractivity contribution in [1.29, 1.82) is 0 Å². The van der Waals surface area contributed by atoms with E-state index in [4.69, 9.17) is 4.98 Å². The van der Waals surface area contributed by atoms with E-state index in [-0.39, 0.29) is 0 Å². The van der Waals surface area contributed by atoms with Gasteiger partial charge in [0, 0.05) is 49.8 Å². The number of nitrogens with zero attached hydrogens (tertiary/aromatic N) is 4. The molecule has 0 amide bonds. The van der Waals surface area contributed by atoms with Gasteiger partial charge in [-0.3, -0.25) is 9.97 Å². The molecule has 5 rings (SSSR count). The number of pyridine rings is 2. The first-order valence-electron chi connectivity index (χ1n) is 11.2. The van der Waals surface area contributed by atoms with Gasteiger partial charge in [-0.2, -0.15) is 0 Å². The minimum absolute atomic E-state index is 0.786. The van der Waals surface area contributed by atoms with Gasteiger partial charge in [-0.05, 0) is 42.2 Å². The molecule has 2 fully saturated rings. The topological polar surface area (TPSA) is 53.9 Å². The lowest BCUT2D eigenvalue weighted by Crippen LogP contribution is -2.43. The van der Waals surface area contributed by atoms with Gasteiger partial charge >= 0.3 is 0 Å². The lowest BCUT2D eigenvalue weighted by Gasteiger charge is -2.29. The van der Waals surface area contributed by atoms with Gasteiger partial charge in [-0.25, -0.2) is 4.98 Å². The molecule has 0 radical (unpaired) electrons. The molecule has 2 aliphatic rings. The van der Waals surface area contributed by atoms with E-state index in [2.05, 4.69) is 44.5 Å². The molecule has 0 aromatic carbocycles. The minimum atomic E-state index is 0.786. The first-order valence-corrected chi connectivity index (χ1v) is 12.0. The molecule has 156 valence electrons.